The smallest absolute Gasteiger partial charge is 0.223 e. The Bertz CT molecular complexity index is 528. The molecule has 1 aromatic carbocycles. The van der Waals surface area contributed by atoms with Gasteiger partial charge in [0.25, 0.3) is 0 Å². The van der Waals surface area contributed by atoms with Crippen LogP contribution in [0.5, 0.6) is 5.75 Å². The summed E-state index contributed by atoms with van der Waals surface area (Å²) >= 11 is 2.84. The fraction of sp³-hybridized carbons (Fsp3) is 0.111. The summed E-state index contributed by atoms with van der Waals surface area (Å²) in [5, 5.41) is 0. The molecule has 6 N–H and O–H groups in total. The maximum Gasteiger partial charge on any atom is 0.223 e. The molecule has 0 spiro atoms. The predicted octanol–water partition coefficient (Wildman–Crippen LogP) is 0.956. The van der Waals surface area contributed by atoms with E-state index in [2.05, 4.69) is 25.9 Å². The van der Waals surface area contributed by atoms with E-state index in [1.54, 1.807) is 0 Å². The SMILES string of the molecule is COc1c(N=C(N)N=C(N)N)cc(Br)c(F)c1F. The molecule has 0 unspecified atom stereocenters. The first-order chi connectivity index (χ1) is 8.36. The molecule has 9 heteroatoms. The number of benzene rings is 1. The molecule has 98 valence electrons. The fourth-order valence-electron chi connectivity index (χ4n) is 1.12. The highest BCUT2D eigenvalue weighted by atomic mass is 79.9. The summed E-state index contributed by atoms with van der Waals surface area (Å²) in [6, 6.07) is 1.19. The quantitative estimate of drug-likeness (QED) is 0.427. The molecule has 0 radical (unpaired) electrons. The summed E-state index contributed by atoms with van der Waals surface area (Å²) in [4.78, 5) is 7.16. The Kier molecular flexibility index (Phi) is 4.43. The molecule has 0 aliphatic carbocycles. The Morgan fingerprint density at radius 1 is 1.28 bits per heavy atom. The van der Waals surface area contributed by atoms with E-state index >= 15 is 0 Å². The van der Waals surface area contributed by atoms with Gasteiger partial charge in [-0.1, -0.05) is 0 Å². The van der Waals surface area contributed by atoms with Crippen LogP contribution >= 0.6 is 15.9 Å². The Morgan fingerprint density at radius 3 is 2.39 bits per heavy atom. The van der Waals surface area contributed by atoms with Gasteiger partial charge >= 0.3 is 0 Å². The lowest BCUT2D eigenvalue weighted by atomic mass is 10.2. The van der Waals surface area contributed by atoms with E-state index in [1.165, 1.54) is 13.2 Å². The summed E-state index contributed by atoms with van der Waals surface area (Å²) in [5.41, 5.74) is 15.5. The zero-order chi connectivity index (χ0) is 13.9. The number of nitrogens with two attached hydrogens (primary N) is 3. The molecule has 0 atom stereocenters. The summed E-state index contributed by atoms with van der Waals surface area (Å²) in [6.45, 7) is 0. The van der Waals surface area contributed by atoms with Crippen LogP contribution in [0.25, 0.3) is 0 Å². The average Bonchev–Trinajstić information content (AvgIpc) is 2.25. The van der Waals surface area contributed by atoms with Crippen molar-refractivity contribution in [2.45, 2.75) is 0 Å². The molecule has 0 saturated carbocycles. The van der Waals surface area contributed by atoms with Crippen LogP contribution in [0, 0.1) is 11.6 Å². The highest BCUT2D eigenvalue weighted by molar-refractivity contribution is 9.10. The zero-order valence-corrected chi connectivity index (χ0v) is 10.8. The van der Waals surface area contributed by atoms with Crippen molar-refractivity contribution in [1.29, 1.82) is 0 Å². The minimum Gasteiger partial charge on any atom is -0.491 e. The lowest BCUT2D eigenvalue weighted by Gasteiger charge is -2.08. The zero-order valence-electron chi connectivity index (χ0n) is 9.25. The monoisotopic (exact) mass is 321 g/mol. The number of halogens is 3. The van der Waals surface area contributed by atoms with E-state index in [1.807, 2.05) is 0 Å². The van der Waals surface area contributed by atoms with Gasteiger partial charge in [-0.3, -0.25) is 0 Å². The maximum atomic E-state index is 13.5. The molecular formula is C9H10BrF2N5O. The Morgan fingerprint density at radius 2 is 1.89 bits per heavy atom. The van der Waals surface area contributed by atoms with Crippen LogP contribution in [-0.4, -0.2) is 19.0 Å². The largest absolute Gasteiger partial charge is 0.491 e. The molecule has 0 bridgehead atoms. The highest BCUT2D eigenvalue weighted by Gasteiger charge is 2.18. The highest BCUT2D eigenvalue weighted by Crippen LogP contribution is 2.36. The van der Waals surface area contributed by atoms with Gasteiger partial charge in [-0.2, -0.15) is 9.38 Å². The van der Waals surface area contributed by atoms with Crippen molar-refractivity contribution < 1.29 is 13.5 Å². The van der Waals surface area contributed by atoms with Crippen molar-refractivity contribution in [3.05, 3.63) is 22.2 Å². The van der Waals surface area contributed by atoms with Crippen molar-refractivity contribution in [3.8, 4) is 5.75 Å². The minimum absolute atomic E-state index is 0.0502. The van der Waals surface area contributed by atoms with Crippen LogP contribution < -0.4 is 21.9 Å². The van der Waals surface area contributed by atoms with Gasteiger partial charge in [-0.05, 0) is 22.0 Å². The first kappa shape index (κ1) is 14.2. The van der Waals surface area contributed by atoms with Gasteiger partial charge in [-0.15, -0.1) is 0 Å². The van der Waals surface area contributed by atoms with Crippen LogP contribution in [0.1, 0.15) is 0 Å². The first-order valence-electron chi connectivity index (χ1n) is 4.52. The van der Waals surface area contributed by atoms with Crippen molar-refractivity contribution in [2.75, 3.05) is 7.11 Å². The normalized spacial score (nSPS) is 11.2. The van der Waals surface area contributed by atoms with Gasteiger partial charge < -0.3 is 21.9 Å². The molecule has 1 rings (SSSR count). The number of methoxy groups -OCH3 is 1. The predicted molar refractivity (Wildman–Crippen MR) is 67.7 cm³/mol. The van der Waals surface area contributed by atoms with Crippen LogP contribution in [0.2, 0.25) is 0 Å². The molecule has 1 aromatic rings. The van der Waals surface area contributed by atoms with E-state index in [9.17, 15) is 8.78 Å². The lowest BCUT2D eigenvalue weighted by Crippen LogP contribution is -2.26. The van der Waals surface area contributed by atoms with Crippen LogP contribution in [0.4, 0.5) is 14.5 Å². The Balaban J connectivity index is 3.37. The van der Waals surface area contributed by atoms with Gasteiger partial charge in [0.1, 0.15) is 5.69 Å². The summed E-state index contributed by atoms with van der Waals surface area (Å²) < 4.78 is 31.3. The van der Waals surface area contributed by atoms with Crippen molar-refractivity contribution in [1.82, 2.24) is 0 Å². The maximum absolute atomic E-state index is 13.5. The van der Waals surface area contributed by atoms with E-state index in [0.29, 0.717) is 0 Å². The number of rotatable bonds is 2. The third kappa shape index (κ3) is 3.06. The molecule has 0 aliphatic rings. The fourth-order valence-corrected chi connectivity index (χ4v) is 1.51. The molecule has 0 amide bonds. The molecule has 0 fully saturated rings. The van der Waals surface area contributed by atoms with Gasteiger partial charge in [0, 0.05) is 0 Å². The second kappa shape index (κ2) is 5.63. The Hall–Kier alpha value is -1.90. The standard InChI is InChI=1S/C9H10BrF2N5O/c1-18-7-4(16-9(15)17-8(13)14)2-3(10)5(11)6(7)12/h2H,1H3,(H6,13,14,15,16,17). The number of hydrogen-bond donors (Lipinski definition) is 3. The van der Waals surface area contributed by atoms with Crippen LogP contribution in [0.3, 0.4) is 0 Å². The second-order valence-corrected chi connectivity index (χ2v) is 3.90. The van der Waals surface area contributed by atoms with E-state index in [-0.39, 0.29) is 22.1 Å². The number of ether oxygens (including phenoxy) is 1. The van der Waals surface area contributed by atoms with Crippen molar-refractivity contribution in [3.63, 3.8) is 0 Å². The molecule has 0 aromatic heterocycles. The average molecular weight is 322 g/mol. The lowest BCUT2D eigenvalue weighted by molar-refractivity contribution is 0.372. The van der Waals surface area contributed by atoms with Gasteiger partial charge in [0.2, 0.25) is 11.8 Å². The first-order valence-corrected chi connectivity index (χ1v) is 5.31. The van der Waals surface area contributed by atoms with Crippen LogP contribution in [0.15, 0.2) is 20.5 Å². The molecule has 6 nitrogen and oxygen atoms in total. The Labute approximate surface area is 110 Å². The molecule has 0 heterocycles. The summed E-state index contributed by atoms with van der Waals surface area (Å²) in [5.74, 6) is -3.30. The molecule has 0 aliphatic heterocycles. The second-order valence-electron chi connectivity index (χ2n) is 3.05. The van der Waals surface area contributed by atoms with Gasteiger partial charge in [0.15, 0.2) is 17.5 Å². The van der Waals surface area contributed by atoms with Crippen LogP contribution in [-0.2, 0) is 0 Å². The number of guanidine groups is 2. The molecular weight excluding hydrogens is 312 g/mol. The summed E-state index contributed by atoms with van der Waals surface area (Å²) in [7, 11) is 1.17. The molecule has 18 heavy (non-hydrogen) atoms. The topological polar surface area (TPSA) is 112 Å². The minimum atomic E-state index is -1.19. The van der Waals surface area contributed by atoms with E-state index < -0.39 is 17.4 Å². The third-order valence-electron chi connectivity index (χ3n) is 1.78. The van der Waals surface area contributed by atoms with Crippen molar-refractivity contribution >= 4 is 33.5 Å². The number of nitrogens with zero attached hydrogens (tertiary/aromatic N) is 2. The van der Waals surface area contributed by atoms with Gasteiger partial charge in [0.05, 0.1) is 11.6 Å². The van der Waals surface area contributed by atoms with Crippen molar-refractivity contribution in [2.24, 2.45) is 27.2 Å². The number of aliphatic imine (C=N–C) groups is 2. The van der Waals surface area contributed by atoms with E-state index in [4.69, 9.17) is 21.9 Å². The van der Waals surface area contributed by atoms with Gasteiger partial charge in [-0.25, -0.2) is 9.38 Å². The third-order valence-corrected chi connectivity index (χ3v) is 2.36. The number of hydrogen-bond acceptors (Lipinski definition) is 2. The van der Waals surface area contributed by atoms with E-state index in [0.717, 1.165) is 0 Å². The summed E-state index contributed by atoms with van der Waals surface area (Å²) in [6.07, 6.45) is 0. The molecule has 0 saturated heterocycles.